The zero-order valence-electron chi connectivity index (χ0n) is 11.0. The summed E-state index contributed by atoms with van der Waals surface area (Å²) in [5, 5.41) is 13.2. The number of phenolic OH excluding ortho intramolecular Hbond substituents is 1. The number of fused-ring (bicyclic) bond motifs is 1. The second-order valence-corrected chi connectivity index (χ2v) is 5.54. The van der Waals surface area contributed by atoms with Crippen molar-refractivity contribution in [3.8, 4) is 11.5 Å². The van der Waals surface area contributed by atoms with Gasteiger partial charge in [0.2, 0.25) is 0 Å². The van der Waals surface area contributed by atoms with Gasteiger partial charge in [0.25, 0.3) is 0 Å². The zero-order chi connectivity index (χ0) is 14.8. The van der Waals surface area contributed by atoms with E-state index in [1.165, 1.54) is 0 Å². The van der Waals surface area contributed by atoms with E-state index in [1.54, 1.807) is 24.3 Å². The molecule has 0 radical (unpaired) electrons. The van der Waals surface area contributed by atoms with Crippen molar-refractivity contribution in [3.05, 3.63) is 70.2 Å². The van der Waals surface area contributed by atoms with Gasteiger partial charge < -0.3 is 9.84 Å². The first-order chi connectivity index (χ1) is 10.1. The van der Waals surface area contributed by atoms with Crippen LogP contribution in [0.25, 0.3) is 10.8 Å². The van der Waals surface area contributed by atoms with Crippen molar-refractivity contribution >= 4 is 34.0 Å². The van der Waals surface area contributed by atoms with Crippen molar-refractivity contribution in [2.24, 2.45) is 0 Å². The largest absolute Gasteiger partial charge is 0.504 e. The molecular weight excluding hydrogens is 307 g/mol. The van der Waals surface area contributed by atoms with Crippen LogP contribution in [0.15, 0.2) is 54.6 Å². The molecule has 2 nitrogen and oxygen atoms in total. The highest BCUT2D eigenvalue weighted by atomic mass is 35.5. The van der Waals surface area contributed by atoms with Gasteiger partial charge in [-0.1, -0.05) is 47.5 Å². The average Bonchev–Trinajstić information content (AvgIpc) is 2.48. The maximum absolute atomic E-state index is 10.0. The molecule has 0 atom stereocenters. The maximum atomic E-state index is 10.0. The molecule has 3 rings (SSSR count). The molecule has 21 heavy (non-hydrogen) atoms. The van der Waals surface area contributed by atoms with Crippen molar-refractivity contribution < 1.29 is 9.84 Å². The SMILES string of the molecule is Oc1cc2ccccc2cc1OCc1cc(Cl)ccc1Cl. The van der Waals surface area contributed by atoms with Crippen molar-refractivity contribution in [2.45, 2.75) is 6.61 Å². The highest BCUT2D eigenvalue weighted by molar-refractivity contribution is 6.33. The van der Waals surface area contributed by atoms with Gasteiger partial charge in [-0.15, -0.1) is 0 Å². The van der Waals surface area contributed by atoms with Crippen LogP contribution in [0.4, 0.5) is 0 Å². The first-order valence-electron chi connectivity index (χ1n) is 6.42. The Morgan fingerprint density at radius 1 is 0.905 bits per heavy atom. The van der Waals surface area contributed by atoms with Crippen LogP contribution in [0.1, 0.15) is 5.56 Å². The molecule has 3 aromatic carbocycles. The van der Waals surface area contributed by atoms with E-state index in [-0.39, 0.29) is 12.4 Å². The van der Waals surface area contributed by atoms with Crippen LogP contribution in [-0.4, -0.2) is 5.11 Å². The quantitative estimate of drug-likeness (QED) is 0.697. The van der Waals surface area contributed by atoms with Gasteiger partial charge in [0, 0.05) is 15.6 Å². The third kappa shape index (κ3) is 3.07. The van der Waals surface area contributed by atoms with E-state index >= 15 is 0 Å². The molecule has 0 aliphatic heterocycles. The molecule has 0 aliphatic carbocycles. The summed E-state index contributed by atoms with van der Waals surface area (Å²) in [6.07, 6.45) is 0. The monoisotopic (exact) mass is 318 g/mol. The number of ether oxygens (including phenoxy) is 1. The molecular formula is C17H12Cl2O2. The molecule has 0 aliphatic rings. The van der Waals surface area contributed by atoms with Crippen LogP contribution < -0.4 is 4.74 Å². The van der Waals surface area contributed by atoms with E-state index < -0.39 is 0 Å². The minimum absolute atomic E-state index is 0.104. The van der Waals surface area contributed by atoms with Crippen LogP contribution in [0.3, 0.4) is 0 Å². The third-order valence-electron chi connectivity index (χ3n) is 3.22. The van der Waals surface area contributed by atoms with E-state index in [2.05, 4.69) is 0 Å². The lowest BCUT2D eigenvalue weighted by atomic mass is 10.1. The summed E-state index contributed by atoms with van der Waals surface area (Å²) >= 11 is 12.0. The summed E-state index contributed by atoms with van der Waals surface area (Å²) in [6.45, 7) is 0.241. The molecule has 4 heteroatoms. The number of aromatic hydroxyl groups is 1. The molecule has 0 amide bonds. The van der Waals surface area contributed by atoms with E-state index in [0.29, 0.717) is 15.8 Å². The van der Waals surface area contributed by atoms with Crippen molar-refractivity contribution in [1.82, 2.24) is 0 Å². The summed E-state index contributed by atoms with van der Waals surface area (Å²) in [7, 11) is 0. The Balaban J connectivity index is 1.88. The summed E-state index contributed by atoms with van der Waals surface area (Å²) in [5.74, 6) is 0.525. The minimum atomic E-state index is 0.104. The smallest absolute Gasteiger partial charge is 0.162 e. The van der Waals surface area contributed by atoms with E-state index in [1.807, 2.05) is 30.3 Å². The molecule has 106 valence electrons. The molecule has 0 spiro atoms. The van der Waals surface area contributed by atoms with Crippen molar-refractivity contribution in [3.63, 3.8) is 0 Å². The Bertz CT molecular complexity index is 800. The fraction of sp³-hybridized carbons (Fsp3) is 0.0588. The molecule has 0 bridgehead atoms. The van der Waals surface area contributed by atoms with Crippen LogP contribution in [-0.2, 0) is 6.61 Å². The number of rotatable bonds is 3. The predicted molar refractivity (Wildman–Crippen MR) is 86.4 cm³/mol. The number of hydrogen-bond donors (Lipinski definition) is 1. The maximum Gasteiger partial charge on any atom is 0.162 e. The van der Waals surface area contributed by atoms with Gasteiger partial charge in [-0.2, -0.15) is 0 Å². The second-order valence-electron chi connectivity index (χ2n) is 4.69. The Labute approximate surface area is 132 Å². The van der Waals surface area contributed by atoms with Crippen LogP contribution in [0.5, 0.6) is 11.5 Å². The first kappa shape index (κ1) is 14.1. The molecule has 0 heterocycles. The van der Waals surface area contributed by atoms with E-state index in [0.717, 1.165) is 16.3 Å². The lowest BCUT2D eigenvalue weighted by Crippen LogP contribution is -1.96. The fourth-order valence-electron chi connectivity index (χ4n) is 2.13. The summed E-state index contributed by atoms with van der Waals surface area (Å²) < 4.78 is 5.67. The van der Waals surface area contributed by atoms with Crippen LogP contribution >= 0.6 is 23.2 Å². The minimum Gasteiger partial charge on any atom is -0.504 e. The Morgan fingerprint density at radius 3 is 2.38 bits per heavy atom. The van der Waals surface area contributed by atoms with E-state index in [4.69, 9.17) is 27.9 Å². The normalized spacial score (nSPS) is 10.8. The van der Waals surface area contributed by atoms with E-state index in [9.17, 15) is 5.11 Å². The van der Waals surface area contributed by atoms with Gasteiger partial charge in [-0.3, -0.25) is 0 Å². The molecule has 0 saturated carbocycles. The third-order valence-corrected chi connectivity index (χ3v) is 3.82. The number of phenols is 1. The van der Waals surface area contributed by atoms with Crippen molar-refractivity contribution in [2.75, 3.05) is 0 Å². The molecule has 0 aromatic heterocycles. The summed E-state index contributed by atoms with van der Waals surface area (Å²) in [5.41, 5.74) is 0.775. The molecule has 0 saturated heterocycles. The van der Waals surface area contributed by atoms with Gasteiger partial charge >= 0.3 is 0 Å². The highest BCUT2D eigenvalue weighted by Gasteiger charge is 2.07. The van der Waals surface area contributed by atoms with Gasteiger partial charge in [-0.25, -0.2) is 0 Å². The molecule has 0 fully saturated rings. The summed E-state index contributed by atoms with van der Waals surface area (Å²) in [6, 6.07) is 16.5. The Kier molecular flexibility index (Phi) is 3.91. The van der Waals surface area contributed by atoms with Crippen molar-refractivity contribution in [1.29, 1.82) is 0 Å². The van der Waals surface area contributed by atoms with Gasteiger partial charge in [-0.05, 0) is 41.1 Å². The topological polar surface area (TPSA) is 29.5 Å². The lowest BCUT2D eigenvalue weighted by molar-refractivity contribution is 0.289. The second kappa shape index (κ2) is 5.84. The Morgan fingerprint density at radius 2 is 1.62 bits per heavy atom. The average molecular weight is 319 g/mol. The van der Waals surface area contributed by atoms with Gasteiger partial charge in [0.05, 0.1) is 0 Å². The molecule has 0 unspecified atom stereocenters. The number of hydrogen-bond acceptors (Lipinski definition) is 2. The standard InChI is InChI=1S/C17H12Cl2O2/c18-14-5-6-15(19)13(7-14)10-21-17-9-12-4-2-1-3-11(12)8-16(17)20/h1-9,20H,10H2. The molecule has 1 N–H and O–H groups in total. The molecule has 3 aromatic rings. The fourth-order valence-corrected chi connectivity index (χ4v) is 2.50. The van der Waals surface area contributed by atoms with Crippen LogP contribution in [0, 0.1) is 0 Å². The van der Waals surface area contributed by atoms with Gasteiger partial charge in [0.15, 0.2) is 11.5 Å². The number of benzene rings is 3. The lowest BCUT2D eigenvalue weighted by Gasteiger charge is -2.11. The van der Waals surface area contributed by atoms with Gasteiger partial charge in [0.1, 0.15) is 6.61 Å². The predicted octanol–water partition coefficient (Wildman–Crippen LogP) is 5.43. The summed E-state index contributed by atoms with van der Waals surface area (Å²) in [4.78, 5) is 0. The zero-order valence-corrected chi connectivity index (χ0v) is 12.5. The number of halogens is 2. The Hall–Kier alpha value is -1.90. The first-order valence-corrected chi connectivity index (χ1v) is 7.17. The highest BCUT2D eigenvalue weighted by Crippen LogP contribution is 2.32. The van der Waals surface area contributed by atoms with Crippen LogP contribution in [0.2, 0.25) is 10.0 Å².